The molecule has 164 valence electrons. The normalized spacial score (nSPS) is 19.6. The van der Waals surface area contributed by atoms with E-state index in [1.54, 1.807) is 17.0 Å². The summed E-state index contributed by atoms with van der Waals surface area (Å²) in [6.45, 7) is 0. The summed E-state index contributed by atoms with van der Waals surface area (Å²) < 4.78 is 52.9. The van der Waals surface area contributed by atoms with Gasteiger partial charge in [0.1, 0.15) is 11.6 Å². The van der Waals surface area contributed by atoms with Crippen molar-refractivity contribution in [2.24, 2.45) is 0 Å². The topological polar surface area (TPSA) is 58.1 Å². The number of fused-ring (bicyclic) bond motifs is 3. The minimum Gasteiger partial charge on any atom is -0.306 e. The molecule has 3 heterocycles. The number of urea groups is 1. The van der Waals surface area contributed by atoms with E-state index >= 15 is 0 Å². The molecule has 3 aromatic rings. The molecule has 2 unspecified atom stereocenters. The van der Waals surface area contributed by atoms with Crippen molar-refractivity contribution in [2.75, 3.05) is 10.2 Å². The Kier molecular flexibility index (Phi) is 4.83. The van der Waals surface area contributed by atoms with Crippen LogP contribution in [0.1, 0.15) is 36.3 Å². The molecule has 1 aromatic carbocycles. The predicted molar refractivity (Wildman–Crippen MR) is 111 cm³/mol. The second-order valence-corrected chi connectivity index (χ2v) is 7.98. The monoisotopic (exact) mass is 442 g/mol. The van der Waals surface area contributed by atoms with Gasteiger partial charge in [-0.3, -0.25) is 9.88 Å². The molecule has 1 N–H and O–H groups in total. The molecule has 1 saturated carbocycles. The molecule has 0 radical (unpaired) electrons. The van der Waals surface area contributed by atoms with E-state index in [2.05, 4.69) is 15.3 Å². The number of pyridine rings is 2. The maximum Gasteiger partial charge on any atom is 0.416 e. The average molecular weight is 442 g/mol. The molecule has 1 fully saturated rings. The van der Waals surface area contributed by atoms with Crippen LogP contribution in [-0.2, 0) is 6.18 Å². The highest BCUT2D eigenvalue weighted by Gasteiger charge is 2.45. The van der Waals surface area contributed by atoms with Crippen molar-refractivity contribution in [1.82, 2.24) is 9.97 Å². The molecule has 9 heteroatoms. The molecule has 0 spiro atoms. The Balaban J connectivity index is 1.52. The van der Waals surface area contributed by atoms with Crippen LogP contribution in [0.5, 0.6) is 0 Å². The van der Waals surface area contributed by atoms with E-state index in [0.717, 1.165) is 43.2 Å². The summed E-state index contributed by atoms with van der Waals surface area (Å²) in [5.74, 6) is -0.0331. The summed E-state index contributed by atoms with van der Waals surface area (Å²) in [5.41, 5.74) is 1.01. The van der Waals surface area contributed by atoms with Crippen LogP contribution in [0.4, 0.5) is 33.9 Å². The van der Waals surface area contributed by atoms with Crippen molar-refractivity contribution in [2.45, 2.75) is 37.4 Å². The standard InChI is InChI=1S/C23H18F4N4O/c24-15-10-16(12-28-11-15)29-22(32)31-20-6-2-5-17(20)18-7-8-19(30-21(18)31)13-3-1-4-14(9-13)23(25,26)27/h1,3-4,7-12,17,20H,2,5-6H2,(H,29,32). The summed E-state index contributed by atoms with van der Waals surface area (Å²) in [5, 5.41) is 2.66. The molecule has 32 heavy (non-hydrogen) atoms. The lowest BCUT2D eigenvalue weighted by atomic mass is 9.98. The van der Waals surface area contributed by atoms with Crippen LogP contribution in [0.15, 0.2) is 54.9 Å². The number of nitrogens with zero attached hydrogens (tertiary/aromatic N) is 3. The van der Waals surface area contributed by atoms with Crippen LogP contribution in [0.25, 0.3) is 11.3 Å². The molecule has 2 aromatic heterocycles. The van der Waals surface area contributed by atoms with Gasteiger partial charge >= 0.3 is 12.2 Å². The third kappa shape index (κ3) is 3.57. The highest BCUT2D eigenvalue weighted by Crippen LogP contribution is 2.49. The van der Waals surface area contributed by atoms with Crippen LogP contribution in [0, 0.1) is 5.82 Å². The zero-order chi connectivity index (χ0) is 22.5. The first-order chi connectivity index (χ1) is 15.3. The van der Waals surface area contributed by atoms with Crippen LogP contribution in [-0.4, -0.2) is 22.0 Å². The summed E-state index contributed by atoms with van der Waals surface area (Å²) in [6, 6.07) is 9.09. The molecule has 2 aliphatic rings. The summed E-state index contributed by atoms with van der Waals surface area (Å²) in [7, 11) is 0. The lowest BCUT2D eigenvalue weighted by molar-refractivity contribution is -0.137. The number of hydrogen-bond acceptors (Lipinski definition) is 3. The Morgan fingerprint density at radius 3 is 2.72 bits per heavy atom. The van der Waals surface area contributed by atoms with Crippen LogP contribution >= 0.6 is 0 Å². The van der Waals surface area contributed by atoms with Gasteiger partial charge in [-0.1, -0.05) is 24.6 Å². The van der Waals surface area contributed by atoms with Crippen LogP contribution in [0.3, 0.4) is 0 Å². The maximum atomic E-state index is 13.5. The molecule has 1 aliphatic carbocycles. The molecule has 1 aliphatic heterocycles. The third-order valence-corrected chi connectivity index (χ3v) is 6.00. The van der Waals surface area contributed by atoms with Gasteiger partial charge in [-0.05, 0) is 31.0 Å². The molecule has 2 amide bonds. The lowest BCUT2D eigenvalue weighted by Crippen LogP contribution is -2.40. The van der Waals surface area contributed by atoms with E-state index in [-0.39, 0.29) is 17.6 Å². The quantitative estimate of drug-likeness (QED) is 0.496. The zero-order valence-electron chi connectivity index (χ0n) is 16.7. The largest absolute Gasteiger partial charge is 0.416 e. The molecular formula is C23H18F4N4O. The minimum absolute atomic E-state index is 0.101. The first kappa shape index (κ1) is 20.4. The van der Waals surface area contributed by atoms with E-state index in [4.69, 9.17) is 0 Å². The number of rotatable bonds is 2. The van der Waals surface area contributed by atoms with Gasteiger partial charge in [0.2, 0.25) is 0 Å². The van der Waals surface area contributed by atoms with Crippen molar-refractivity contribution in [3.05, 3.63) is 71.8 Å². The Morgan fingerprint density at radius 2 is 1.94 bits per heavy atom. The van der Waals surface area contributed by atoms with Crippen molar-refractivity contribution >= 4 is 17.5 Å². The van der Waals surface area contributed by atoms with Crippen molar-refractivity contribution < 1.29 is 22.4 Å². The molecule has 0 saturated heterocycles. The first-order valence-electron chi connectivity index (χ1n) is 10.2. The minimum atomic E-state index is -4.46. The van der Waals surface area contributed by atoms with E-state index in [9.17, 15) is 22.4 Å². The van der Waals surface area contributed by atoms with E-state index in [1.807, 2.05) is 6.07 Å². The molecule has 5 rings (SSSR count). The van der Waals surface area contributed by atoms with Crippen molar-refractivity contribution in [1.29, 1.82) is 0 Å². The highest BCUT2D eigenvalue weighted by atomic mass is 19.4. The number of carbonyl (C=O) groups is 1. The van der Waals surface area contributed by atoms with Gasteiger partial charge in [-0.15, -0.1) is 0 Å². The predicted octanol–water partition coefficient (Wildman–Crippen LogP) is 5.99. The number of halogens is 4. The van der Waals surface area contributed by atoms with Gasteiger partial charge in [-0.2, -0.15) is 13.2 Å². The second-order valence-electron chi connectivity index (χ2n) is 7.98. The fraction of sp³-hybridized carbons (Fsp3) is 0.261. The Morgan fingerprint density at radius 1 is 1.09 bits per heavy atom. The number of aromatic nitrogens is 2. The van der Waals surface area contributed by atoms with Crippen molar-refractivity contribution in [3.63, 3.8) is 0 Å². The van der Waals surface area contributed by atoms with Crippen LogP contribution in [0.2, 0.25) is 0 Å². The summed E-state index contributed by atoms with van der Waals surface area (Å²) in [6.07, 6.45) is 0.555. The van der Waals surface area contributed by atoms with E-state index in [1.165, 1.54) is 18.3 Å². The third-order valence-electron chi connectivity index (χ3n) is 6.00. The lowest BCUT2D eigenvalue weighted by Gasteiger charge is -2.24. The number of amides is 2. The number of alkyl halides is 3. The molecule has 2 atom stereocenters. The van der Waals surface area contributed by atoms with Crippen molar-refractivity contribution in [3.8, 4) is 11.3 Å². The van der Waals surface area contributed by atoms with Crippen LogP contribution < -0.4 is 10.2 Å². The molecule has 5 nitrogen and oxygen atoms in total. The zero-order valence-corrected chi connectivity index (χ0v) is 16.7. The Labute approximate surface area is 181 Å². The number of anilines is 2. The highest BCUT2D eigenvalue weighted by molar-refractivity contribution is 6.03. The molecule has 0 bridgehead atoms. The second kappa shape index (κ2) is 7.58. The van der Waals surface area contributed by atoms with Gasteiger partial charge in [0.05, 0.1) is 29.3 Å². The number of benzene rings is 1. The number of hydrogen-bond donors (Lipinski definition) is 1. The van der Waals surface area contributed by atoms with Gasteiger partial charge in [0.15, 0.2) is 0 Å². The number of carbonyl (C=O) groups excluding carboxylic acids is 1. The van der Waals surface area contributed by atoms with E-state index < -0.39 is 23.6 Å². The summed E-state index contributed by atoms with van der Waals surface area (Å²) in [4.78, 5) is 23.0. The van der Waals surface area contributed by atoms with Gasteiger partial charge in [-0.25, -0.2) is 14.2 Å². The van der Waals surface area contributed by atoms with Gasteiger partial charge in [0, 0.05) is 29.2 Å². The van der Waals surface area contributed by atoms with Gasteiger partial charge in [0.25, 0.3) is 0 Å². The number of nitrogens with one attached hydrogen (secondary N) is 1. The fourth-order valence-corrected chi connectivity index (χ4v) is 4.64. The SMILES string of the molecule is O=C(Nc1cncc(F)c1)N1c2nc(-c3cccc(C(F)(F)F)c3)ccc2C2CCCC21. The van der Waals surface area contributed by atoms with Gasteiger partial charge < -0.3 is 5.32 Å². The Bertz CT molecular complexity index is 1200. The fourth-order valence-electron chi connectivity index (χ4n) is 4.64. The smallest absolute Gasteiger partial charge is 0.306 e. The molecular weight excluding hydrogens is 424 g/mol. The van der Waals surface area contributed by atoms with E-state index in [0.29, 0.717) is 17.1 Å². The Hall–Kier alpha value is -3.49. The average Bonchev–Trinajstić information content (AvgIpc) is 3.33. The first-order valence-corrected chi connectivity index (χ1v) is 10.2. The summed E-state index contributed by atoms with van der Waals surface area (Å²) >= 11 is 0. The maximum absolute atomic E-state index is 13.5.